The maximum absolute atomic E-state index is 6.36. The molecule has 0 aliphatic rings. The maximum atomic E-state index is 6.36. The average Bonchev–Trinajstić information content (AvgIpc) is 2.96. The third-order valence-electron chi connectivity index (χ3n) is 3.80. The Morgan fingerprint density at radius 3 is 2.76 bits per heavy atom. The zero-order chi connectivity index (χ0) is 15.4. The summed E-state index contributed by atoms with van der Waals surface area (Å²) in [6.07, 6.45) is 1.02. The van der Waals surface area contributed by atoms with Gasteiger partial charge in [-0.25, -0.2) is 0 Å². The van der Waals surface area contributed by atoms with Crippen molar-refractivity contribution >= 4 is 38.9 Å². The molecule has 2 rings (SSSR count). The number of thiophene rings is 1. The van der Waals surface area contributed by atoms with Crippen LogP contribution in [-0.2, 0) is 6.42 Å². The minimum atomic E-state index is 0.116. The van der Waals surface area contributed by atoms with Crippen LogP contribution in [0, 0.1) is 0 Å². The molecular weight excluding hydrogens is 368 g/mol. The van der Waals surface area contributed by atoms with Gasteiger partial charge in [-0.1, -0.05) is 33.6 Å². The van der Waals surface area contributed by atoms with E-state index in [1.54, 1.807) is 11.3 Å². The van der Waals surface area contributed by atoms with Crippen LogP contribution in [0.15, 0.2) is 40.2 Å². The molecule has 5 heteroatoms. The lowest BCUT2D eigenvalue weighted by molar-refractivity contribution is 0.188. The molecule has 0 aliphatic carbocycles. The normalized spacial score (nSPS) is 14.4. The molecule has 0 radical (unpaired) electrons. The Kier molecular flexibility index (Phi) is 6.26. The van der Waals surface area contributed by atoms with Crippen LogP contribution in [0.5, 0.6) is 0 Å². The van der Waals surface area contributed by atoms with Crippen LogP contribution < -0.4 is 5.73 Å². The first-order valence-electron chi connectivity index (χ1n) is 6.92. The van der Waals surface area contributed by atoms with Gasteiger partial charge in [0, 0.05) is 33.0 Å². The SMILES string of the molecule is CC(Cc1cccs1)N(C)C(CN)c1cc(Br)ccc1Cl. The summed E-state index contributed by atoms with van der Waals surface area (Å²) in [4.78, 5) is 3.71. The third kappa shape index (κ3) is 4.30. The molecule has 0 fully saturated rings. The standard InChI is InChI=1S/C16H20BrClN2S/c1-11(8-13-4-3-7-21-13)20(2)16(10-19)14-9-12(17)5-6-15(14)18/h3-7,9,11,16H,8,10,19H2,1-2H3. The Hall–Kier alpha value is -0.390. The Morgan fingerprint density at radius 2 is 2.14 bits per heavy atom. The van der Waals surface area contributed by atoms with Gasteiger partial charge in [-0.3, -0.25) is 4.90 Å². The molecule has 2 nitrogen and oxygen atoms in total. The summed E-state index contributed by atoms with van der Waals surface area (Å²) < 4.78 is 1.03. The Morgan fingerprint density at radius 1 is 1.38 bits per heavy atom. The van der Waals surface area contributed by atoms with E-state index in [2.05, 4.69) is 58.4 Å². The van der Waals surface area contributed by atoms with E-state index in [1.165, 1.54) is 4.88 Å². The van der Waals surface area contributed by atoms with Crippen LogP contribution in [-0.4, -0.2) is 24.5 Å². The minimum absolute atomic E-state index is 0.116. The molecule has 2 aromatic rings. The van der Waals surface area contributed by atoms with Crippen molar-refractivity contribution in [3.63, 3.8) is 0 Å². The topological polar surface area (TPSA) is 29.3 Å². The van der Waals surface area contributed by atoms with Gasteiger partial charge in [0.15, 0.2) is 0 Å². The number of rotatable bonds is 6. The molecule has 0 bridgehead atoms. The summed E-state index contributed by atoms with van der Waals surface area (Å²) in [7, 11) is 2.12. The van der Waals surface area contributed by atoms with Crippen molar-refractivity contribution in [2.75, 3.05) is 13.6 Å². The molecule has 0 amide bonds. The van der Waals surface area contributed by atoms with E-state index in [0.29, 0.717) is 12.6 Å². The van der Waals surface area contributed by atoms with Crippen LogP contribution in [0.2, 0.25) is 5.02 Å². The van der Waals surface area contributed by atoms with E-state index < -0.39 is 0 Å². The molecule has 2 unspecified atom stereocenters. The molecular formula is C16H20BrClN2S. The summed E-state index contributed by atoms with van der Waals surface area (Å²) in [5.41, 5.74) is 7.10. The third-order valence-corrected chi connectivity index (χ3v) is 5.54. The lowest BCUT2D eigenvalue weighted by Gasteiger charge is -2.33. The van der Waals surface area contributed by atoms with Gasteiger partial charge < -0.3 is 5.73 Å². The van der Waals surface area contributed by atoms with Gasteiger partial charge in [0.05, 0.1) is 0 Å². The van der Waals surface area contributed by atoms with Gasteiger partial charge in [0.1, 0.15) is 0 Å². The van der Waals surface area contributed by atoms with Gasteiger partial charge in [0.25, 0.3) is 0 Å². The van der Waals surface area contributed by atoms with E-state index in [1.807, 2.05) is 12.1 Å². The molecule has 0 spiro atoms. The van der Waals surface area contributed by atoms with Crippen LogP contribution in [0.25, 0.3) is 0 Å². The smallest absolute Gasteiger partial charge is 0.0485 e. The molecule has 1 heterocycles. The predicted molar refractivity (Wildman–Crippen MR) is 96.2 cm³/mol. The molecule has 2 N–H and O–H groups in total. The highest BCUT2D eigenvalue weighted by Crippen LogP contribution is 2.30. The Balaban J connectivity index is 2.17. The van der Waals surface area contributed by atoms with E-state index in [-0.39, 0.29) is 6.04 Å². The van der Waals surface area contributed by atoms with E-state index in [4.69, 9.17) is 17.3 Å². The number of halogens is 2. The van der Waals surface area contributed by atoms with Crippen molar-refractivity contribution in [2.45, 2.75) is 25.4 Å². The first kappa shape index (κ1) is 17.0. The lowest BCUT2D eigenvalue weighted by Crippen LogP contribution is -2.38. The minimum Gasteiger partial charge on any atom is -0.329 e. The number of likely N-dealkylation sites (N-methyl/N-ethyl adjacent to an activating group) is 1. The van der Waals surface area contributed by atoms with Gasteiger partial charge in [-0.2, -0.15) is 0 Å². The fraction of sp³-hybridized carbons (Fsp3) is 0.375. The number of hydrogen-bond acceptors (Lipinski definition) is 3. The van der Waals surface area contributed by atoms with E-state index in [0.717, 1.165) is 21.5 Å². The zero-order valence-electron chi connectivity index (χ0n) is 12.2. The Bertz CT molecular complexity index is 574. The molecule has 114 valence electrons. The first-order chi connectivity index (χ1) is 10.0. The van der Waals surface area contributed by atoms with E-state index >= 15 is 0 Å². The molecule has 2 atom stereocenters. The summed E-state index contributed by atoms with van der Waals surface area (Å²) in [6.45, 7) is 2.77. The van der Waals surface area contributed by atoms with Crippen molar-refractivity contribution in [1.29, 1.82) is 0 Å². The van der Waals surface area contributed by atoms with Crippen molar-refractivity contribution in [2.24, 2.45) is 5.73 Å². The lowest BCUT2D eigenvalue weighted by atomic mass is 10.0. The largest absolute Gasteiger partial charge is 0.329 e. The summed E-state index contributed by atoms with van der Waals surface area (Å²) in [6, 6.07) is 10.7. The highest BCUT2D eigenvalue weighted by Gasteiger charge is 2.23. The second-order valence-electron chi connectivity index (χ2n) is 5.22. The number of benzene rings is 1. The highest BCUT2D eigenvalue weighted by molar-refractivity contribution is 9.10. The second-order valence-corrected chi connectivity index (χ2v) is 7.57. The van der Waals surface area contributed by atoms with Gasteiger partial charge >= 0.3 is 0 Å². The quantitative estimate of drug-likeness (QED) is 0.776. The average molecular weight is 388 g/mol. The van der Waals surface area contributed by atoms with Crippen LogP contribution in [0.1, 0.15) is 23.4 Å². The maximum Gasteiger partial charge on any atom is 0.0485 e. The highest BCUT2D eigenvalue weighted by atomic mass is 79.9. The van der Waals surface area contributed by atoms with Crippen LogP contribution in [0.4, 0.5) is 0 Å². The number of nitrogens with two attached hydrogens (primary N) is 1. The first-order valence-corrected chi connectivity index (χ1v) is 8.97. The summed E-state index contributed by atoms with van der Waals surface area (Å²) in [5, 5.41) is 2.89. The van der Waals surface area contributed by atoms with Gasteiger partial charge in [-0.15, -0.1) is 11.3 Å². The van der Waals surface area contributed by atoms with Crippen molar-refractivity contribution in [3.05, 3.63) is 55.6 Å². The fourth-order valence-electron chi connectivity index (χ4n) is 2.45. The second kappa shape index (κ2) is 7.75. The summed E-state index contributed by atoms with van der Waals surface area (Å²) >= 11 is 11.7. The monoisotopic (exact) mass is 386 g/mol. The van der Waals surface area contributed by atoms with Gasteiger partial charge in [0.2, 0.25) is 0 Å². The number of nitrogens with zero attached hydrogens (tertiary/aromatic N) is 1. The van der Waals surface area contributed by atoms with Gasteiger partial charge in [-0.05, 0) is 55.6 Å². The summed E-state index contributed by atoms with van der Waals surface area (Å²) in [5.74, 6) is 0. The molecule has 1 aromatic heterocycles. The van der Waals surface area contributed by atoms with Crippen LogP contribution in [0.3, 0.4) is 0 Å². The van der Waals surface area contributed by atoms with E-state index in [9.17, 15) is 0 Å². The predicted octanol–water partition coefficient (Wildman–Crippen LogP) is 4.73. The van der Waals surface area contributed by atoms with Crippen molar-refractivity contribution in [1.82, 2.24) is 4.90 Å². The number of hydrogen-bond donors (Lipinski definition) is 1. The molecule has 0 aliphatic heterocycles. The molecule has 0 saturated carbocycles. The Labute approximate surface area is 144 Å². The van der Waals surface area contributed by atoms with Crippen molar-refractivity contribution < 1.29 is 0 Å². The van der Waals surface area contributed by atoms with Crippen molar-refractivity contribution in [3.8, 4) is 0 Å². The fourth-order valence-corrected chi connectivity index (χ4v) is 3.90. The molecule has 0 saturated heterocycles. The zero-order valence-corrected chi connectivity index (χ0v) is 15.4. The van der Waals surface area contributed by atoms with Crippen LogP contribution >= 0.6 is 38.9 Å². The molecule has 21 heavy (non-hydrogen) atoms. The molecule has 1 aromatic carbocycles.